The van der Waals surface area contributed by atoms with E-state index in [1.165, 1.54) is 21.3 Å². The number of hydrogen-bond acceptors (Lipinski definition) is 5. The Labute approximate surface area is 175 Å². The zero-order valence-corrected chi connectivity index (χ0v) is 17.7. The van der Waals surface area contributed by atoms with Gasteiger partial charge in [-0.25, -0.2) is 8.42 Å². The van der Waals surface area contributed by atoms with Crippen LogP contribution in [0, 0.1) is 0 Å². The summed E-state index contributed by atoms with van der Waals surface area (Å²) in [6.45, 7) is 2.00. The normalized spacial score (nSPS) is 15.1. The van der Waals surface area contributed by atoms with E-state index in [2.05, 4.69) is 0 Å². The van der Waals surface area contributed by atoms with Crippen LogP contribution >= 0.6 is 11.6 Å². The van der Waals surface area contributed by atoms with Crippen molar-refractivity contribution in [3.63, 3.8) is 0 Å². The molecule has 0 radical (unpaired) electrons. The minimum atomic E-state index is -3.65. The molecular weight excluding hydrogens is 416 g/mol. The van der Waals surface area contributed by atoms with Crippen LogP contribution < -0.4 is 4.74 Å². The van der Waals surface area contributed by atoms with E-state index in [-0.39, 0.29) is 10.8 Å². The van der Waals surface area contributed by atoms with E-state index in [0.717, 1.165) is 0 Å². The number of carbonyl (C=O) groups is 1. The second-order valence-corrected chi connectivity index (χ2v) is 8.95. The third-order valence-electron chi connectivity index (χ3n) is 4.54. The van der Waals surface area contributed by atoms with Crippen LogP contribution in [0.25, 0.3) is 0 Å². The van der Waals surface area contributed by atoms with Gasteiger partial charge < -0.3 is 14.4 Å². The molecule has 29 heavy (non-hydrogen) atoms. The molecule has 0 spiro atoms. The molecule has 7 nitrogen and oxygen atoms in total. The van der Waals surface area contributed by atoms with Crippen LogP contribution in [0.2, 0.25) is 5.02 Å². The Kier molecular flexibility index (Phi) is 7.13. The van der Waals surface area contributed by atoms with Gasteiger partial charge in [0.05, 0.1) is 24.7 Å². The quantitative estimate of drug-likeness (QED) is 0.664. The maximum Gasteiger partial charge on any atom is 0.253 e. The zero-order chi connectivity index (χ0) is 20.9. The second-order valence-electron chi connectivity index (χ2n) is 6.57. The summed E-state index contributed by atoms with van der Waals surface area (Å²) < 4.78 is 37.8. The lowest BCUT2D eigenvalue weighted by molar-refractivity contribution is 0.0730. The number of carbonyl (C=O) groups excluding carboxylic acids is 1. The van der Waals surface area contributed by atoms with Gasteiger partial charge in [-0.05, 0) is 42.5 Å². The lowest BCUT2D eigenvalue weighted by Crippen LogP contribution is -2.40. The van der Waals surface area contributed by atoms with Gasteiger partial charge in [-0.2, -0.15) is 4.31 Å². The third-order valence-corrected chi connectivity index (χ3v) is 6.69. The van der Waals surface area contributed by atoms with Crippen molar-refractivity contribution in [1.29, 1.82) is 0 Å². The first-order valence-corrected chi connectivity index (χ1v) is 11.0. The van der Waals surface area contributed by atoms with Crippen molar-refractivity contribution in [2.45, 2.75) is 4.90 Å². The van der Waals surface area contributed by atoms with Crippen LogP contribution in [0.5, 0.6) is 5.75 Å². The zero-order valence-electron chi connectivity index (χ0n) is 16.1. The van der Waals surface area contributed by atoms with Gasteiger partial charge in [0.1, 0.15) is 12.4 Å². The van der Waals surface area contributed by atoms with Gasteiger partial charge in [0.2, 0.25) is 10.0 Å². The third kappa shape index (κ3) is 5.48. The highest BCUT2D eigenvalue weighted by Gasteiger charge is 2.27. The number of nitrogens with zero attached hydrogens (tertiary/aromatic N) is 2. The van der Waals surface area contributed by atoms with Crippen molar-refractivity contribution >= 4 is 27.5 Å². The van der Waals surface area contributed by atoms with E-state index in [1.54, 1.807) is 43.4 Å². The summed E-state index contributed by atoms with van der Waals surface area (Å²) in [5, 5.41) is 0.622. The molecule has 0 unspecified atom stereocenters. The Hall–Kier alpha value is -2.13. The van der Waals surface area contributed by atoms with Crippen molar-refractivity contribution in [2.24, 2.45) is 0 Å². The molecular formula is C20H23ClN2O5S. The van der Waals surface area contributed by atoms with Crippen molar-refractivity contribution in [2.75, 3.05) is 46.5 Å². The monoisotopic (exact) mass is 438 g/mol. The molecule has 1 amide bonds. The van der Waals surface area contributed by atoms with Crippen LogP contribution in [0.15, 0.2) is 53.4 Å². The molecule has 0 atom stereocenters. The first-order valence-electron chi connectivity index (χ1n) is 9.20. The number of ether oxygens (including phenoxy) is 2. The molecule has 156 valence electrons. The van der Waals surface area contributed by atoms with Gasteiger partial charge >= 0.3 is 0 Å². The molecule has 0 aromatic heterocycles. The molecule has 0 saturated carbocycles. The van der Waals surface area contributed by atoms with Crippen molar-refractivity contribution in [1.82, 2.24) is 9.21 Å². The Bertz CT molecular complexity index is 944. The molecule has 1 aliphatic rings. The number of amides is 1. The lowest BCUT2D eigenvalue weighted by Gasteiger charge is -2.26. The van der Waals surface area contributed by atoms with Gasteiger partial charge in [0, 0.05) is 30.7 Å². The molecule has 2 aromatic rings. The maximum absolute atomic E-state index is 12.8. The highest BCUT2D eigenvalue weighted by atomic mass is 35.5. The molecule has 9 heteroatoms. The smallest absolute Gasteiger partial charge is 0.253 e. The van der Waals surface area contributed by atoms with Gasteiger partial charge in [0.25, 0.3) is 5.91 Å². The number of likely N-dealkylation sites (N-methyl/N-ethyl adjacent to an activating group) is 1. The average molecular weight is 439 g/mol. The summed E-state index contributed by atoms with van der Waals surface area (Å²) >= 11 is 5.84. The number of morpholine rings is 1. The predicted octanol–water partition coefficient (Wildman–Crippen LogP) is 2.51. The van der Waals surface area contributed by atoms with Crippen LogP contribution in [-0.2, 0) is 14.8 Å². The summed E-state index contributed by atoms with van der Waals surface area (Å²) in [7, 11) is -2.00. The molecule has 0 bridgehead atoms. The molecule has 0 aliphatic carbocycles. The summed E-state index contributed by atoms with van der Waals surface area (Å²) in [5.41, 5.74) is 0.313. The molecule has 1 saturated heterocycles. The van der Waals surface area contributed by atoms with E-state index in [9.17, 15) is 13.2 Å². The Morgan fingerprint density at radius 2 is 1.86 bits per heavy atom. The summed E-state index contributed by atoms with van der Waals surface area (Å²) in [4.78, 5) is 14.3. The number of rotatable bonds is 7. The second kappa shape index (κ2) is 9.58. The number of benzene rings is 2. The number of sulfonamides is 1. The topological polar surface area (TPSA) is 76.2 Å². The van der Waals surface area contributed by atoms with E-state index >= 15 is 0 Å². The molecule has 3 rings (SSSR count). The van der Waals surface area contributed by atoms with E-state index in [1.807, 2.05) is 0 Å². The van der Waals surface area contributed by atoms with Crippen LogP contribution in [0.4, 0.5) is 0 Å². The van der Waals surface area contributed by atoms with Crippen molar-refractivity contribution in [3.8, 4) is 5.75 Å². The van der Waals surface area contributed by atoms with Crippen LogP contribution in [0.3, 0.4) is 0 Å². The van der Waals surface area contributed by atoms with Crippen molar-refractivity contribution in [3.05, 3.63) is 59.1 Å². The summed E-state index contributed by atoms with van der Waals surface area (Å²) in [6.07, 6.45) is 0. The van der Waals surface area contributed by atoms with Crippen LogP contribution in [-0.4, -0.2) is 70.0 Å². The highest BCUT2D eigenvalue weighted by Crippen LogP contribution is 2.19. The van der Waals surface area contributed by atoms with Gasteiger partial charge in [0.15, 0.2) is 0 Å². The van der Waals surface area contributed by atoms with Crippen LogP contribution in [0.1, 0.15) is 10.4 Å². The summed E-state index contributed by atoms with van der Waals surface area (Å²) in [5.74, 6) is 0.387. The summed E-state index contributed by atoms with van der Waals surface area (Å²) in [6, 6.07) is 13.1. The van der Waals surface area contributed by atoms with E-state index < -0.39 is 10.0 Å². The lowest BCUT2D eigenvalue weighted by atomic mass is 10.2. The number of halogens is 1. The fourth-order valence-electron chi connectivity index (χ4n) is 2.88. The van der Waals surface area contributed by atoms with Crippen molar-refractivity contribution < 1.29 is 22.7 Å². The Morgan fingerprint density at radius 1 is 1.17 bits per heavy atom. The Morgan fingerprint density at radius 3 is 2.55 bits per heavy atom. The molecule has 1 heterocycles. The fourth-order valence-corrected chi connectivity index (χ4v) is 4.46. The molecule has 1 aliphatic heterocycles. The largest absolute Gasteiger partial charge is 0.492 e. The Balaban J connectivity index is 1.62. The fraction of sp³-hybridized carbons (Fsp3) is 0.350. The first kappa shape index (κ1) is 21.6. The standard InChI is InChI=1S/C20H23ClN2O5S/c1-22(9-14-28-18-7-5-17(21)6-8-18)20(24)16-3-2-4-19(15-16)29(25,26)23-10-12-27-13-11-23/h2-8,15H,9-14H2,1H3. The SMILES string of the molecule is CN(CCOc1ccc(Cl)cc1)C(=O)c1cccc(S(=O)(=O)N2CCOCC2)c1. The predicted molar refractivity (Wildman–Crippen MR) is 110 cm³/mol. The van der Waals surface area contributed by atoms with Gasteiger partial charge in [-0.1, -0.05) is 17.7 Å². The van der Waals surface area contributed by atoms with E-state index in [0.29, 0.717) is 55.8 Å². The molecule has 1 fully saturated rings. The average Bonchev–Trinajstić information content (AvgIpc) is 2.75. The number of hydrogen-bond donors (Lipinski definition) is 0. The highest BCUT2D eigenvalue weighted by molar-refractivity contribution is 7.89. The minimum absolute atomic E-state index is 0.107. The first-order chi connectivity index (χ1) is 13.9. The van der Waals surface area contributed by atoms with Gasteiger partial charge in [-0.3, -0.25) is 4.79 Å². The molecule has 2 aromatic carbocycles. The van der Waals surface area contributed by atoms with Gasteiger partial charge in [-0.15, -0.1) is 0 Å². The maximum atomic E-state index is 12.8. The van der Waals surface area contributed by atoms with E-state index in [4.69, 9.17) is 21.1 Å². The minimum Gasteiger partial charge on any atom is -0.492 e. The molecule has 0 N–H and O–H groups in total.